The molecule has 1 aliphatic heterocycles. The summed E-state index contributed by atoms with van der Waals surface area (Å²) in [4.78, 5) is 23.9. The molecular formula is C15H24N4O3. The van der Waals surface area contributed by atoms with Crippen molar-refractivity contribution in [3.05, 3.63) is 18.2 Å². The number of ether oxygens (including phenoxy) is 1. The molecule has 7 heteroatoms. The van der Waals surface area contributed by atoms with E-state index in [0.29, 0.717) is 32.8 Å². The molecule has 122 valence electrons. The van der Waals surface area contributed by atoms with Crippen molar-refractivity contribution in [1.82, 2.24) is 19.8 Å². The molecule has 2 heterocycles. The number of methoxy groups -OCH3 is 1. The molecule has 0 aromatic carbocycles. The number of aliphatic hydroxyl groups excluding tert-OH is 1. The zero-order chi connectivity index (χ0) is 15.6. The highest BCUT2D eigenvalue weighted by atomic mass is 16.5. The number of carbonyl (C=O) groups is 1. The van der Waals surface area contributed by atoms with Crippen LogP contribution in [0.25, 0.3) is 0 Å². The van der Waals surface area contributed by atoms with E-state index in [1.54, 1.807) is 24.4 Å². The zero-order valence-corrected chi connectivity index (χ0v) is 13.0. The van der Waals surface area contributed by atoms with Gasteiger partial charge in [0.05, 0.1) is 24.7 Å². The van der Waals surface area contributed by atoms with Crippen molar-refractivity contribution >= 4 is 5.91 Å². The molecule has 2 aliphatic rings. The fraction of sp³-hybridized carbons (Fsp3) is 0.733. The van der Waals surface area contributed by atoms with Crippen molar-refractivity contribution in [2.24, 2.45) is 5.41 Å². The van der Waals surface area contributed by atoms with E-state index in [-0.39, 0.29) is 11.3 Å². The van der Waals surface area contributed by atoms with Gasteiger partial charge in [-0.3, -0.25) is 9.69 Å². The first kappa shape index (κ1) is 15.5. The maximum atomic E-state index is 12.7. The van der Waals surface area contributed by atoms with Crippen LogP contribution in [0.1, 0.15) is 18.7 Å². The highest BCUT2D eigenvalue weighted by molar-refractivity contribution is 5.85. The lowest BCUT2D eigenvalue weighted by atomic mass is 10.1. The molecule has 3 rings (SSSR count). The number of aromatic nitrogens is 2. The number of nitrogens with zero attached hydrogens (tertiary/aromatic N) is 3. The van der Waals surface area contributed by atoms with Crippen LogP contribution in [-0.4, -0.2) is 76.8 Å². The molecule has 1 aromatic heterocycles. The number of nitrogens with one attached hydrogen (secondary N) is 1. The van der Waals surface area contributed by atoms with Gasteiger partial charge in [0.25, 0.3) is 0 Å². The van der Waals surface area contributed by atoms with Crippen LogP contribution < -0.4 is 0 Å². The Hall–Kier alpha value is -1.44. The largest absolute Gasteiger partial charge is 0.390 e. The molecule has 22 heavy (non-hydrogen) atoms. The number of carbonyl (C=O) groups excluding carboxylic acids is 1. The third-order valence-electron chi connectivity index (χ3n) is 4.53. The van der Waals surface area contributed by atoms with Gasteiger partial charge in [0.15, 0.2) is 0 Å². The summed E-state index contributed by atoms with van der Waals surface area (Å²) in [5.41, 5.74) is -0.329. The minimum Gasteiger partial charge on any atom is -0.390 e. The monoisotopic (exact) mass is 308 g/mol. The number of amides is 1. The summed E-state index contributed by atoms with van der Waals surface area (Å²) >= 11 is 0. The number of rotatable bonds is 5. The van der Waals surface area contributed by atoms with Gasteiger partial charge in [-0.05, 0) is 12.8 Å². The molecule has 0 unspecified atom stereocenters. The van der Waals surface area contributed by atoms with Gasteiger partial charge in [-0.2, -0.15) is 0 Å². The number of hydrogen-bond acceptors (Lipinski definition) is 5. The predicted octanol–water partition coefficient (Wildman–Crippen LogP) is -0.159. The van der Waals surface area contributed by atoms with Gasteiger partial charge in [0, 0.05) is 45.7 Å². The molecule has 1 amide bonds. The summed E-state index contributed by atoms with van der Waals surface area (Å²) < 4.78 is 5.20. The van der Waals surface area contributed by atoms with Crippen molar-refractivity contribution in [3.8, 4) is 0 Å². The number of aliphatic hydroxyl groups is 1. The van der Waals surface area contributed by atoms with E-state index in [2.05, 4.69) is 14.9 Å². The molecular weight excluding hydrogens is 284 g/mol. The first-order chi connectivity index (χ1) is 10.6. The van der Waals surface area contributed by atoms with E-state index in [0.717, 1.165) is 25.2 Å². The SMILES string of the molecule is COCC1(C(=O)N2CCN(Cc3ncc[nH]3)C[C@H](O)C2)CC1. The van der Waals surface area contributed by atoms with E-state index in [1.165, 1.54) is 0 Å². The Balaban J connectivity index is 1.60. The van der Waals surface area contributed by atoms with E-state index in [9.17, 15) is 9.90 Å². The van der Waals surface area contributed by atoms with Crippen molar-refractivity contribution in [2.75, 3.05) is 39.9 Å². The summed E-state index contributed by atoms with van der Waals surface area (Å²) in [6, 6.07) is 0. The normalized spacial score (nSPS) is 25.0. The van der Waals surface area contributed by atoms with Crippen LogP contribution in [0.3, 0.4) is 0 Å². The van der Waals surface area contributed by atoms with Gasteiger partial charge in [-0.25, -0.2) is 4.98 Å². The molecule has 0 radical (unpaired) electrons. The Kier molecular flexibility index (Phi) is 4.46. The second-order valence-electron chi connectivity index (χ2n) is 6.39. The lowest BCUT2D eigenvalue weighted by Gasteiger charge is -2.26. The third kappa shape index (κ3) is 3.31. The highest BCUT2D eigenvalue weighted by Crippen LogP contribution is 2.47. The molecule has 1 aliphatic carbocycles. The fourth-order valence-corrected chi connectivity index (χ4v) is 3.16. The minimum atomic E-state index is -0.528. The summed E-state index contributed by atoms with van der Waals surface area (Å²) in [6.45, 7) is 3.49. The summed E-state index contributed by atoms with van der Waals surface area (Å²) in [6.07, 6.45) is 4.77. The Bertz CT molecular complexity index is 501. The molecule has 0 bridgehead atoms. The van der Waals surface area contributed by atoms with Gasteiger partial charge < -0.3 is 19.7 Å². The number of aromatic amines is 1. The summed E-state index contributed by atoms with van der Waals surface area (Å²) in [7, 11) is 1.63. The van der Waals surface area contributed by atoms with Gasteiger partial charge in [-0.15, -0.1) is 0 Å². The van der Waals surface area contributed by atoms with Crippen LogP contribution >= 0.6 is 0 Å². The van der Waals surface area contributed by atoms with E-state index in [1.807, 2.05) is 0 Å². The van der Waals surface area contributed by atoms with Crippen molar-refractivity contribution in [3.63, 3.8) is 0 Å². The van der Waals surface area contributed by atoms with Gasteiger partial charge >= 0.3 is 0 Å². The third-order valence-corrected chi connectivity index (χ3v) is 4.53. The summed E-state index contributed by atoms with van der Waals surface area (Å²) in [5.74, 6) is 1.01. The van der Waals surface area contributed by atoms with E-state index < -0.39 is 6.10 Å². The fourth-order valence-electron chi connectivity index (χ4n) is 3.16. The molecule has 1 aromatic rings. The van der Waals surface area contributed by atoms with Crippen LogP contribution in [0.5, 0.6) is 0 Å². The Morgan fingerprint density at radius 1 is 1.50 bits per heavy atom. The van der Waals surface area contributed by atoms with Gasteiger partial charge in [-0.1, -0.05) is 0 Å². The van der Waals surface area contributed by atoms with Gasteiger partial charge in [0.1, 0.15) is 5.82 Å². The highest BCUT2D eigenvalue weighted by Gasteiger charge is 2.52. The topological polar surface area (TPSA) is 81.7 Å². The lowest BCUT2D eigenvalue weighted by Crippen LogP contribution is -2.43. The second-order valence-corrected chi connectivity index (χ2v) is 6.39. The van der Waals surface area contributed by atoms with Gasteiger partial charge in [0.2, 0.25) is 5.91 Å². The van der Waals surface area contributed by atoms with Crippen molar-refractivity contribution < 1.29 is 14.6 Å². The Morgan fingerprint density at radius 2 is 2.32 bits per heavy atom. The Labute approximate surface area is 130 Å². The van der Waals surface area contributed by atoms with E-state index in [4.69, 9.17) is 4.74 Å². The quantitative estimate of drug-likeness (QED) is 0.790. The maximum Gasteiger partial charge on any atom is 0.231 e. The molecule has 1 atom stereocenters. The molecule has 2 fully saturated rings. The zero-order valence-electron chi connectivity index (χ0n) is 13.0. The van der Waals surface area contributed by atoms with Crippen LogP contribution in [0.4, 0.5) is 0 Å². The average Bonchev–Trinajstić information content (AvgIpc) is 3.14. The minimum absolute atomic E-state index is 0.133. The number of hydrogen-bond donors (Lipinski definition) is 2. The summed E-state index contributed by atoms with van der Waals surface area (Å²) in [5, 5.41) is 10.2. The van der Waals surface area contributed by atoms with Crippen molar-refractivity contribution in [1.29, 1.82) is 0 Å². The van der Waals surface area contributed by atoms with Crippen LogP contribution in [0.2, 0.25) is 0 Å². The smallest absolute Gasteiger partial charge is 0.231 e. The van der Waals surface area contributed by atoms with Crippen LogP contribution in [0, 0.1) is 5.41 Å². The number of β-amino-alcohol motifs (C(OH)–C–C–N with tert-alkyl or cyclic N) is 1. The predicted molar refractivity (Wildman–Crippen MR) is 80.0 cm³/mol. The first-order valence-corrected chi connectivity index (χ1v) is 7.80. The standard InChI is InChI=1S/C15H24N4O3/c1-22-11-15(2-3-15)14(21)19-7-6-18(8-12(20)9-19)10-13-16-4-5-17-13/h4-5,12,20H,2-3,6-11H2,1H3,(H,16,17)/t12-/m0/s1. The average molecular weight is 308 g/mol. The van der Waals surface area contributed by atoms with Crippen LogP contribution in [0.15, 0.2) is 12.4 Å². The molecule has 1 saturated heterocycles. The molecule has 1 saturated carbocycles. The maximum absolute atomic E-state index is 12.7. The van der Waals surface area contributed by atoms with Crippen LogP contribution in [-0.2, 0) is 16.1 Å². The number of H-pyrrole nitrogens is 1. The van der Waals surface area contributed by atoms with E-state index >= 15 is 0 Å². The number of imidazole rings is 1. The molecule has 0 spiro atoms. The second kappa shape index (κ2) is 6.36. The first-order valence-electron chi connectivity index (χ1n) is 7.80. The van der Waals surface area contributed by atoms with Crippen molar-refractivity contribution in [2.45, 2.75) is 25.5 Å². The molecule has 2 N–H and O–H groups in total. The lowest BCUT2D eigenvalue weighted by molar-refractivity contribution is -0.140. The Morgan fingerprint density at radius 3 is 2.95 bits per heavy atom. The molecule has 7 nitrogen and oxygen atoms in total.